The summed E-state index contributed by atoms with van der Waals surface area (Å²) in [6, 6.07) is 18.9. The number of aryl methyl sites for hydroxylation is 1. The number of piperazine rings is 1. The van der Waals surface area contributed by atoms with Crippen molar-refractivity contribution < 1.29 is 0 Å². The highest BCUT2D eigenvalue weighted by Crippen LogP contribution is 2.15. The number of hydrazone groups is 1. The smallest absolute Gasteiger partial charge is 0.0545 e. The van der Waals surface area contributed by atoms with Crippen LogP contribution in [0.1, 0.15) is 11.1 Å². The van der Waals surface area contributed by atoms with Crippen molar-refractivity contribution in [3.05, 3.63) is 65.7 Å². The summed E-state index contributed by atoms with van der Waals surface area (Å²) in [5.41, 5.74) is 3.77. The monoisotopic (exact) mass is 279 g/mol. The number of anilines is 1. The minimum atomic E-state index is 0.970. The maximum atomic E-state index is 4.62. The van der Waals surface area contributed by atoms with Crippen LogP contribution in [0.25, 0.3) is 0 Å². The second kappa shape index (κ2) is 6.44. The van der Waals surface area contributed by atoms with Gasteiger partial charge in [-0.3, -0.25) is 5.01 Å². The molecule has 0 bridgehead atoms. The highest BCUT2D eigenvalue weighted by molar-refractivity contribution is 5.81. The molecule has 3 nitrogen and oxygen atoms in total. The number of para-hydroxylation sites is 1. The first-order chi connectivity index (χ1) is 10.3. The van der Waals surface area contributed by atoms with Gasteiger partial charge in [-0.25, -0.2) is 0 Å². The van der Waals surface area contributed by atoms with Gasteiger partial charge in [-0.15, -0.1) is 0 Å². The third kappa shape index (κ3) is 3.43. The summed E-state index contributed by atoms with van der Waals surface area (Å²) in [6.45, 7) is 6.10. The van der Waals surface area contributed by atoms with Gasteiger partial charge in [0, 0.05) is 18.8 Å². The topological polar surface area (TPSA) is 18.8 Å². The molecule has 1 saturated heterocycles. The molecule has 1 aliphatic rings. The van der Waals surface area contributed by atoms with E-state index in [0.717, 1.165) is 26.2 Å². The summed E-state index contributed by atoms with van der Waals surface area (Å²) in [6.07, 6.45) is 1.98. The Kier molecular flexibility index (Phi) is 4.20. The molecule has 0 amide bonds. The third-order valence-electron chi connectivity index (χ3n) is 3.93. The van der Waals surface area contributed by atoms with Gasteiger partial charge in [-0.05, 0) is 30.2 Å². The Hall–Kier alpha value is -2.29. The van der Waals surface area contributed by atoms with Crippen LogP contribution in [0.2, 0.25) is 0 Å². The van der Waals surface area contributed by atoms with Crippen LogP contribution in [-0.4, -0.2) is 37.4 Å². The first-order valence-corrected chi connectivity index (χ1v) is 7.47. The Morgan fingerprint density at radius 1 is 0.857 bits per heavy atom. The Labute approximate surface area is 126 Å². The van der Waals surface area contributed by atoms with E-state index >= 15 is 0 Å². The van der Waals surface area contributed by atoms with Gasteiger partial charge in [-0.1, -0.05) is 42.5 Å². The van der Waals surface area contributed by atoms with Gasteiger partial charge in [0.1, 0.15) is 0 Å². The number of nitrogens with zero attached hydrogens (tertiary/aromatic N) is 3. The molecule has 1 fully saturated rings. The summed E-state index contributed by atoms with van der Waals surface area (Å²) in [5.74, 6) is 0. The van der Waals surface area contributed by atoms with E-state index in [0.29, 0.717) is 0 Å². The first-order valence-electron chi connectivity index (χ1n) is 7.47. The van der Waals surface area contributed by atoms with Crippen LogP contribution >= 0.6 is 0 Å². The van der Waals surface area contributed by atoms with Crippen LogP contribution in [0.15, 0.2) is 59.7 Å². The minimum Gasteiger partial charge on any atom is -0.368 e. The average Bonchev–Trinajstić information content (AvgIpc) is 2.55. The van der Waals surface area contributed by atoms with E-state index in [1.807, 2.05) is 6.21 Å². The standard InChI is InChI=1S/C18H21N3/c1-16-7-5-6-8-17(16)15-19-21-13-11-20(12-14-21)18-9-3-2-4-10-18/h2-10,15H,11-14H2,1H3/b19-15+. The Morgan fingerprint density at radius 3 is 2.24 bits per heavy atom. The maximum absolute atomic E-state index is 4.62. The third-order valence-corrected chi connectivity index (χ3v) is 3.93. The number of rotatable bonds is 3. The number of hydrogen-bond acceptors (Lipinski definition) is 3. The molecule has 0 unspecified atom stereocenters. The van der Waals surface area contributed by atoms with E-state index in [1.165, 1.54) is 16.8 Å². The molecule has 2 aromatic rings. The van der Waals surface area contributed by atoms with Crippen molar-refractivity contribution in [3.63, 3.8) is 0 Å². The molecule has 3 rings (SSSR count). The molecule has 0 radical (unpaired) electrons. The minimum absolute atomic E-state index is 0.970. The molecule has 3 heteroatoms. The van der Waals surface area contributed by atoms with Gasteiger partial charge in [0.25, 0.3) is 0 Å². The van der Waals surface area contributed by atoms with Crippen LogP contribution in [0.5, 0.6) is 0 Å². The predicted molar refractivity (Wildman–Crippen MR) is 89.0 cm³/mol. The molecular weight excluding hydrogens is 258 g/mol. The summed E-state index contributed by atoms with van der Waals surface area (Å²) < 4.78 is 0. The SMILES string of the molecule is Cc1ccccc1/C=N/N1CCN(c2ccccc2)CC1. The maximum Gasteiger partial charge on any atom is 0.0545 e. The Bertz CT molecular complexity index is 599. The second-order valence-electron chi connectivity index (χ2n) is 5.38. The van der Waals surface area contributed by atoms with Gasteiger partial charge in [0.15, 0.2) is 0 Å². The summed E-state index contributed by atoms with van der Waals surface area (Å²) >= 11 is 0. The summed E-state index contributed by atoms with van der Waals surface area (Å²) in [5, 5.41) is 6.78. The largest absolute Gasteiger partial charge is 0.368 e. The fourth-order valence-electron chi connectivity index (χ4n) is 2.58. The molecule has 1 heterocycles. The van der Waals surface area contributed by atoms with Crippen LogP contribution in [-0.2, 0) is 0 Å². The van der Waals surface area contributed by atoms with Gasteiger partial charge in [-0.2, -0.15) is 5.10 Å². The van der Waals surface area contributed by atoms with E-state index in [4.69, 9.17) is 0 Å². The Balaban J connectivity index is 1.58. The summed E-state index contributed by atoms with van der Waals surface area (Å²) in [4.78, 5) is 2.42. The fourth-order valence-corrected chi connectivity index (χ4v) is 2.58. The van der Waals surface area contributed by atoms with Crippen molar-refractivity contribution >= 4 is 11.9 Å². The molecule has 0 saturated carbocycles. The molecule has 0 N–H and O–H groups in total. The van der Waals surface area contributed by atoms with Crippen molar-refractivity contribution in [2.75, 3.05) is 31.1 Å². The fraction of sp³-hybridized carbons (Fsp3) is 0.278. The van der Waals surface area contributed by atoms with Gasteiger partial charge in [0.2, 0.25) is 0 Å². The molecule has 21 heavy (non-hydrogen) atoms. The number of benzene rings is 2. The molecule has 0 aromatic heterocycles. The van der Waals surface area contributed by atoms with Crippen molar-refractivity contribution in [1.82, 2.24) is 5.01 Å². The van der Waals surface area contributed by atoms with Crippen LogP contribution in [0.4, 0.5) is 5.69 Å². The zero-order chi connectivity index (χ0) is 14.5. The summed E-state index contributed by atoms with van der Waals surface area (Å²) in [7, 11) is 0. The van der Waals surface area contributed by atoms with Crippen LogP contribution in [0, 0.1) is 6.92 Å². The molecule has 1 aliphatic heterocycles. The molecule has 0 atom stereocenters. The van der Waals surface area contributed by atoms with Crippen LogP contribution < -0.4 is 4.90 Å². The van der Waals surface area contributed by atoms with Crippen molar-refractivity contribution in [2.24, 2.45) is 5.10 Å². The highest BCUT2D eigenvalue weighted by Gasteiger charge is 2.15. The zero-order valence-corrected chi connectivity index (χ0v) is 12.4. The normalized spacial score (nSPS) is 15.7. The molecule has 0 spiro atoms. The van der Waals surface area contributed by atoms with E-state index in [-0.39, 0.29) is 0 Å². The first kappa shape index (κ1) is 13.7. The second-order valence-corrected chi connectivity index (χ2v) is 5.38. The quantitative estimate of drug-likeness (QED) is 0.804. The van der Waals surface area contributed by atoms with Gasteiger partial charge >= 0.3 is 0 Å². The van der Waals surface area contributed by atoms with E-state index in [2.05, 4.69) is 76.5 Å². The van der Waals surface area contributed by atoms with E-state index < -0.39 is 0 Å². The lowest BCUT2D eigenvalue weighted by Gasteiger charge is -2.34. The van der Waals surface area contributed by atoms with Crippen molar-refractivity contribution in [2.45, 2.75) is 6.92 Å². The Morgan fingerprint density at radius 2 is 1.52 bits per heavy atom. The lowest BCUT2D eigenvalue weighted by atomic mass is 10.1. The van der Waals surface area contributed by atoms with Crippen LogP contribution in [0.3, 0.4) is 0 Å². The zero-order valence-electron chi connectivity index (χ0n) is 12.4. The lowest BCUT2D eigenvalue weighted by Crippen LogP contribution is -2.44. The molecular formula is C18H21N3. The molecule has 108 valence electrons. The van der Waals surface area contributed by atoms with Crippen molar-refractivity contribution in [3.8, 4) is 0 Å². The predicted octanol–water partition coefficient (Wildman–Crippen LogP) is 3.15. The molecule has 0 aliphatic carbocycles. The lowest BCUT2D eigenvalue weighted by molar-refractivity contribution is 0.272. The van der Waals surface area contributed by atoms with E-state index in [1.54, 1.807) is 0 Å². The highest BCUT2D eigenvalue weighted by atomic mass is 15.5. The van der Waals surface area contributed by atoms with Gasteiger partial charge < -0.3 is 4.90 Å². The molecule has 2 aromatic carbocycles. The average molecular weight is 279 g/mol. The van der Waals surface area contributed by atoms with Gasteiger partial charge in [0.05, 0.1) is 19.3 Å². The van der Waals surface area contributed by atoms with E-state index in [9.17, 15) is 0 Å². The number of hydrogen-bond donors (Lipinski definition) is 0. The van der Waals surface area contributed by atoms with Crippen molar-refractivity contribution in [1.29, 1.82) is 0 Å².